The molecule has 0 spiro atoms. The van der Waals surface area contributed by atoms with Crippen molar-refractivity contribution < 1.29 is 4.74 Å². The molecule has 28 heavy (non-hydrogen) atoms. The van der Waals surface area contributed by atoms with E-state index < -0.39 is 0 Å². The lowest BCUT2D eigenvalue weighted by molar-refractivity contribution is 0.315. The number of hydrogen-bond acceptors (Lipinski definition) is 3. The Kier molecular flexibility index (Phi) is 6.57. The Labute approximate surface area is 180 Å². The van der Waals surface area contributed by atoms with Crippen LogP contribution in [0.1, 0.15) is 24.6 Å². The van der Waals surface area contributed by atoms with Crippen molar-refractivity contribution in [3.05, 3.63) is 73.0 Å². The largest absolute Gasteiger partial charge is 0.492 e. The summed E-state index contributed by atoms with van der Waals surface area (Å²) in [5.74, 6) is 0.714. The first-order valence-electron chi connectivity index (χ1n) is 8.94. The molecular weight excluding hydrogens is 486 g/mol. The van der Waals surface area contributed by atoms with E-state index in [2.05, 4.69) is 43.8 Å². The normalized spacial score (nSPS) is 11.3. The second-order valence-corrected chi connectivity index (χ2v) is 8.09. The molecule has 0 saturated heterocycles. The van der Waals surface area contributed by atoms with Crippen LogP contribution < -0.4 is 10.3 Å². The van der Waals surface area contributed by atoms with Gasteiger partial charge in [0, 0.05) is 23.3 Å². The summed E-state index contributed by atoms with van der Waals surface area (Å²) in [6, 6.07) is 13.4. The zero-order chi connectivity index (χ0) is 20.3. The van der Waals surface area contributed by atoms with E-state index in [1.807, 2.05) is 61.1 Å². The van der Waals surface area contributed by atoms with Crippen molar-refractivity contribution in [2.24, 2.45) is 12.0 Å². The molecule has 2 aromatic carbocycles. The molecule has 0 bridgehead atoms. The van der Waals surface area contributed by atoms with Gasteiger partial charge in [-0.05, 0) is 53.5 Å². The van der Waals surface area contributed by atoms with Crippen molar-refractivity contribution in [2.45, 2.75) is 20.3 Å². The van der Waals surface area contributed by atoms with E-state index in [0.29, 0.717) is 18.0 Å². The van der Waals surface area contributed by atoms with E-state index in [0.717, 1.165) is 32.3 Å². The number of aliphatic imine (C=N–C) groups is 1. The summed E-state index contributed by atoms with van der Waals surface area (Å²) in [5, 5.41) is 0. The van der Waals surface area contributed by atoms with Gasteiger partial charge >= 0.3 is 0 Å². The first kappa shape index (κ1) is 20.6. The Morgan fingerprint density at radius 1 is 1.18 bits per heavy atom. The van der Waals surface area contributed by atoms with E-state index in [4.69, 9.17) is 4.74 Å². The van der Waals surface area contributed by atoms with Gasteiger partial charge in [0.2, 0.25) is 0 Å². The number of benzene rings is 2. The standard InChI is InChI=1S/C21H21Br2N3O2/c1-4-10-28-20-15(11-16(22)12-18(20)23)13-24-19-14(2)25(3)26(21(19)27)17-8-6-5-7-9-17/h5-9,11-13H,4,10H2,1-3H3. The first-order valence-corrected chi connectivity index (χ1v) is 10.5. The fourth-order valence-electron chi connectivity index (χ4n) is 2.87. The minimum Gasteiger partial charge on any atom is -0.492 e. The fourth-order valence-corrected chi connectivity index (χ4v) is 4.24. The predicted octanol–water partition coefficient (Wildman–Crippen LogP) is 5.55. The van der Waals surface area contributed by atoms with E-state index in [9.17, 15) is 4.79 Å². The molecule has 1 heterocycles. The molecular formula is C21H21Br2N3O2. The molecule has 0 aliphatic heterocycles. The summed E-state index contributed by atoms with van der Waals surface area (Å²) >= 11 is 7.04. The van der Waals surface area contributed by atoms with Crippen LogP contribution in [-0.4, -0.2) is 22.2 Å². The van der Waals surface area contributed by atoms with Gasteiger partial charge in [0.05, 0.1) is 22.5 Å². The average Bonchev–Trinajstić information content (AvgIpc) is 2.88. The van der Waals surface area contributed by atoms with E-state index >= 15 is 0 Å². The summed E-state index contributed by atoms with van der Waals surface area (Å²) in [6.07, 6.45) is 2.58. The molecule has 0 saturated carbocycles. The molecule has 3 aromatic rings. The summed E-state index contributed by atoms with van der Waals surface area (Å²) < 4.78 is 11.0. The number of aromatic nitrogens is 2. The molecule has 7 heteroatoms. The van der Waals surface area contributed by atoms with Crippen LogP contribution in [0.5, 0.6) is 5.75 Å². The Morgan fingerprint density at radius 2 is 1.89 bits per heavy atom. The minimum atomic E-state index is -0.160. The summed E-state index contributed by atoms with van der Waals surface area (Å²) in [6.45, 7) is 4.55. The van der Waals surface area contributed by atoms with E-state index in [1.165, 1.54) is 0 Å². The third-order valence-electron chi connectivity index (χ3n) is 4.34. The van der Waals surface area contributed by atoms with Gasteiger partial charge in [-0.1, -0.05) is 41.1 Å². The van der Waals surface area contributed by atoms with Gasteiger partial charge in [0.25, 0.3) is 5.56 Å². The molecule has 0 amide bonds. The monoisotopic (exact) mass is 505 g/mol. The van der Waals surface area contributed by atoms with Crippen molar-refractivity contribution in [3.8, 4) is 11.4 Å². The molecule has 5 nitrogen and oxygen atoms in total. The lowest BCUT2D eigenvalue weighted by atomic mass is 10.2. The van der Waals surface area contributed by atoms with Gasteiger partial charge in [-0.2, -0.15) is 0 Å². The average molecular weight is 507 g/mol. The van der Waals surface area contributed by atoms with Gasteiger partial charge in [0.15, 0.2) is 5.69 Å². The quantitative estimate of drug-likeness (QED) is 0.411. The van der Waals surface area contributed by atoms with Crippen LogP contribution in [0.25, 0.3) is 5.69 Å². The third-order valence-corrected chi connectivity index (χ3v) is 5.39. The highest BCUT2D eigenvalue weighted by molar-refractivity contribution is 9.11. The van der Waals surface area contributed by atoms with Crippen LogP contribution in [0, 0.1) is 6.92 Å². The van der Waals surface area contributed by atoms with Crippen molar-refractivity contribution >= 4 is 43.8 Å². The molecule has 146 valence electrons. The van der Waals surface area contributed by atoms with Crippen LogP contribution in [0.4, 0.5) is 5.69 Å². The van der Waals surface area contributed by atoms with Crippen LogP contribution in [0.3, 0.4) is 0 Å². The zero-order valence-electron chi connectivity index (χ0n) is 15.9. The maximum atomic E-state index is 13.0. The topological polar surface area (TPSA) is 48.5 Å². The Balaban J connectivity index is 2.06. The number of rotatable bonds is 6. The van der Waals surface area contributed by atoms with Crippen molar-refractivity contribution in [1.29, 1.82) is 0 Å². The number of hydrogen-bond donors (Lipinski definition) is 0. The molecule has 0 aliphatic rings. The van der Waals surface area contributed by atoms with Gasteiger partial charge in [-0.25, -0.2) is 9.67 Å². The Morgan fingerprint density at radius 3 is 2.57 bits per heavy atom. The molecule has 3 rings (SSSR count). The highest BCUT2D eigenvalue weighted by Gasteiger charge is 2.16. The highest BCUT2D eigenvalue weighted by Crippen LogP contribution is 2.32. The summed E-state index contributed by atoms with van der Waals surface area (Å²) in [7, 11) is 1.86. The van der Waals surface area contributed by atoms with Crippen LogP contribution >= 0.6 is 31.9 Å². The second-order valence-electron chi connectivity index (χ2n) is 6.32. The number of nitrogens with zero attached hydrogens (tertiary/aromatic N) is 3. The van der Waals surface area contributed by atoms with Crippen LogP contribution in [0.15, 0.2) is 61.2 Å². The Hall–Kier alpha value is -2.12. The first-order chi connectivity index (χ1) is 13.4. The van der Waals surface area contributed by atoms with Crippen LogP contribution in [0.2, 0.25) is 0 Å². The van der Waals surface area contributed by atoms with Gasteiger partial charge in [-0.3, -0.25) is 9.48 Å². The number of ether oxygens (including phenoxy) is 1. The van der Waals surface area contributed by atoms with Crippen molar-refractivity contribution in [3.63, 3.8) is 0 Å². The highest BCUT2D eigenvalue weighted by atomic mass is 79.9. The molecule has 0 unspecified atom stereocenters. The number of para-hydroxylation sites is 1. The van der Waals surface area contributed by atoms with E-state index in [1.54, 1.807) is 10.9 Å². The van der Waals surface area contributed by atoms with E-state index in [-0.39, 0.29) is 5.56 Å². The maximum Gasteiger partial charge on any atom is 0.297 e. The molecule has 0 N–H and O–H groups in total. The maximum absolute atomic E-state index is 13.0. The Bertz CT molecular complexity index is 1070. The zero-order valence-corrected chi connectivity index (χ0v) is 19.1. The second kappa shape index (κ2) is 8.92. The lowest BCUT2D eigenvalue weighted by Crippen LogP contribution is -2.19. The summed E-state index contributed by atoms with van der Waals surface area (Å²) in [4.78, 5) is 17.5. The SMILES string of the molecule is CCCOc1c(Br)cc(Br)cc1C=Nc1c(C)n(C)n(-c2ccccc2)c1=O. The third kappa shape index (κ3) is 4.15. The fraction of sp³-hybridized carbons (Fsp3) is 0.238. The smallest absolute Gasteiger partial charge is 0.297 e. The molecule has 1 aromatic heterocycles. The van der Waals surface area contributed by atoms with Crippen molar-refractivity contribution in [2.75, 3.05) is 6.61 Å². The van der Waals surface area contributed by atoms with Gasteiger partial charge < -0.3 is 4.74 Å². The minimum absolute atomic E-state index is 0.160. The summed E-state index contributed by atoms with van der Waals surface area (Å²) in [5.41, 5.74) is 2.63. The lowest BCUT2D eigenvalue weighted by Gasteiger charge is -2.11. The van der Waals surface area contributed by atoms with Gasteiger partial charge in [-0.15, -0.1) is 0 Å². The molecule has 0 radical (unpaired) electrons. The molecule has 0 fully saturated rings. The molecule has 0 atom stereocenters. The predicted molar refractivity (Wildman–Crippen MR) is 121 cm³/mol. The molecule has 0 aliphatic carbocycles. The number of halogens is 2. The van der Waals surface area contributed by atoms with Crippen LogP contribution in [-0.2, 0) is 7.05 Å². The van der Waals surface area contributed by atoms with Gasteiger partial charge in [0.1, 0.15) is 5.75 Å². The van der Waals surface area contributed by atoms with Crippen molar-refractivity contribution in [1.82, 2.24) is 9.36 Å².